The van der Waals surface area contributed by atoms with Crippen LogP contribution in [0.4, 0.5) is 0 Å². The van der Waals surface area contributed by atoms with Crippen LogP contribution in [-0.2, 0) is 17.7 Å². The van der Waals surface area contributed by atoms with Gasteiger partial charge in [0.1, 0.15) is 0 Å². The quantitative estimate of drug-likeness (QED) is 0.444. The predicted molar refractivity (Wildman–Crippen MR) is 93.1 cm³/mol. The summed E-state index contributed by atoms with van der Waals surface area (Å²) in [5.74, 6) is 1.56. The Balaban J connectivity index is 0.00000220. The van der Waals surface area contributed by atoms with E-state index >= 15 is 0 Å². The predicted octanol–water partition coefficient (Wildman–Crippen LogP) is 2.09. The Labute approximate surface area is 143 Å². The van der Waals surface area contributed by atoms with Crippen molar-refractivity contribution in [1.29, 1.82) is 0 Å². The third kappa shape index (κ3) is 5.46. The number of aryl methyl sites for hydroxylation is 1. The van der Waals surface area contributed by atoms with E-state index < -0.39 is 0 Å². The Hall–Kier alpha value is -0.830. The van der Waals surface area contributed by atoms with Crippen molar-refractivity contribution in [2.75, 3.05) is 20.2 Å². The highest BCUT2D eigenvalue weighted by molar-refractivity contribution is 14.0. The second-order valence-electron chi connectivity index (χ2n) is 5.32. The normalized spacial score (nSPS) is 22.0. The molecule has 0 spiro atoms. The summed E-state index contributed by atoms with van der Waals surface area (Å²) in [6.45, 7) is 6.36. The molecule has 0 aliphatic carbocycles. The van der Waals surface area contributed by atoms with Crippen LogP contribution < -0.4 is 10.6 Å². The first-order chi connectivity index (χ1) is 9.65. The SMILES string of the molecule is CCc1cc(CNC(=NC)NCC2(C)CCCO2)on1.I. The molecule has 0 bridgehead atoms. The molecule has 1 fully saturated rings. The van der Waals surface area contributed by atoms with Gasteiger partial charge < -0.3 is 19.9 Å². The van der Waals surface area contributed by atoms with Crippen LogP contribution in [0.15, 0.2) is 15.6 Å². The molecule has 2 N–H and O–H groups in total. The molecule has 0 saturated carbocycles. The molecule has 0 aromatic carbocycles. The average molecular weight is 408 g/mol. The summed E-state index contributed by atoms with van der Waals surface area (Å²) in [7, 11) is 1.75. The van der Waals surface area contributed by atoms with Gasteiger partial charge in [-0.15, -0.1) is 24.0 Å². The maximum Gasteiger partial charge on any atom is 0.191 e. The van der Waals surface area contributed by atoms with Crippen LogP contribution in [0.2, 0.25) is 0 Å². The van der Waals surface area contributed by atoms with Crippen molar-refractivity contribution in [1.82, 2.24) is 15.8 Å². The van der Waals surface area contributed by atoms with Gasteiger partial charge in [-0.3, -0.25) is 4.99 Å². The first kappa shape index (κ1) is 18.2. The standard InChI is InChI=1S/C14H24N4O2.HI/c1-4-11-8-12(20-18-11)9-16-13(15-3)17-10-14(2)6-5-7-19-14;/h8H,4-7,9-10H2,1-3H3,(H2,15,16,17);1H. The average Bonchev–Trinajstić information content (AvgIpc) is 3.08. The van der Waals surface area contributed by atoms with Crippen molar-refractivity contribution < 1.29 is 9.26 Å². The summed E-state index contributed by atoms with van der Waals surface area (Å²) in [5.41, 5.74) is 0.885. The topological polar surface area (TPSA) is 71.7 Å². The van der Waals surface area contributed by atoms with Gasteiger partial charge in [0.15, 0.2) is 11.7 Å². The van der Waals surface area contributed by atoms with Gasteiger partial charge in [0, 0.05) is 26.3 Å². The fourth-order valence-electron chi connectivity index (χ4n) is 2.24. The fourth-order valence-corrected chi connectivity index (χ4v) is 2.24. The van der Waals surface area contributed by atoms with E-state index in [1.54, 1.807) is 7.05 Å². The van der Waals surface area contributed by atoms with Gasteiger partial charge in [-0.25, -0.2) is 0 Å². The Morgan fingerprint density at radius 1 is 1.48 bits per heavy atom. The van der Waals surface area contributed by atoms with Crippen LogP contribution in [0.3, 0.4) is 0 Å². The number of halogens is 1. The van der Waals surface area contributed by atoms with Crippen LogP contribution in [0.5, 0.6) is 0 Å². The largest absolute Gasteiger partial charge is 0.373 e. The zero-order valence-electron chi connectivity index (χ0n) is 12.9. The zero-order chi connectivity index (χ0) is 14.4. The number of ether oxygens (including phenoxy) is 1. The minimum absolute atomic E-state index is 0. The van der Waals surface area contributed by atoms with Gasteiger partial charge in [0.25, 0.3) is 0 Å². The molecule has 1 aliphatic heterocycles. The van der Waals surface area contributed by atoms with Gasteiger partial charge in [0.2, 0.25) is 0 Å². The number of guanidine groups is 1. The van der Waals surface area contributed by atoms with Gasteiger partial charge >= 0.3 is 0 Å². The van der Waals surface area contributed by atoms with Crippen molar-refractivity contribution in [3.8, 4) is 0 Å². The monoisotopic (exact) mass is 408 g/mol. The Morgan fingerprint density at radius 2 is 2.29 bits per heavy atom. The highest BCUT2D eigenvalue weighted by Gasteiger charge is 2.29. The second-order valence-corrected chi connectivity index (χ2v) is 5.32. The van der Waals surface area contributed by atoms with Gasteiger partial charge in [-0.2, -0.15) is 0 Å². The first-order valence-corrected chi connectivity index (χ1v) is 7.18. The Kier molecular flexibility index (Phi) is 7.44. The zero-order valence-corrected chi connectivity index (χ0v) is 15.3. The number of hydrogen-bond acceptors (Lipinski definition) is 4. The van der Waals surface area contributed by atoms with Gasteiger partial charge in [0.05, 0.1) is 17.8 Å². The lowest BCUT2D eigenvalue weighted by molar-refractivity contribution is 0.0243. The maximum absolute atomic E-state index is 5.74. The van der Waals surface area contributed by atoms with Crippen molar-refractivity contribution in [3.05, 3.63) is 17.5 Å². The van der Waals surface area contributed by atoms with Crippen molar-refractivity contribution in [3.63, 3.8) is 0 Å². The Bertz CT molecular complexity index is 456. The van der Waals surface area contributed by atoms with Crippen LogP contribution in [0, 0.1) is 0 Å². The maximum atomic E-state index is 5.74. The molecule has 21 heavy (non-hydrogen) atoms. The molecule has 2 rings (SSSR count). The number of rotatable bonds is 5. The lowest BCUT2D eigenvalue weighted by Gasteiger charge is -2.24. The van der Waals surface area contributed by atoms with Crippen molar-refractivity contribution in [2.24, 2.45) is 4.99 Å². The summed E-state index contributed by atoms with van der Waals surface area (Å²) >= 11 is 0. The molecular formula is C14H25IN4O2. The number of aromatic nitrogens is 1. The molecule has 1 aromatic rings. The van der Waals surface area contributed by atoms with Crippen LogP contribution in [-0.4, -0.2) is 36.9 Å². The second kappa shape index (κ2) is 8.57. The molecule has 7 heteroatoms. The van der Waals surface area contributed by atoms with E-state index in [0.29, 0.717) is 6.54 Å². The third-order valence-corrected chi connectivity index (χ3v) is 3.55. The van der Waals surface area contributed by atoms with E-state index in [-0.39, 0.29) is 29.6 Å². The smallest absolute Gasteiger partial charge is 0.191 e. The summed E-state index contributed by atoms with van der Waals surface area (Å²) in [6, 6.07) is 1.96. The summed E-state index contributed by atoms with van der Waals surface area (Å²) in [4.78, 5) is 4.20. The third-order valence-electron chi connectivity index (χ3n) is 3.55. The molecular weight excluding hydrogens is 383 g/mol. The van der Waals surface area contributed by atoms with Crippen LogP contribution >= 0.6 is 24.0 Å². The number of nitrogens with zero attached hydrogens (tertiary/aromatic N) is 2. The van der Waals surface area contributed by atoms with E-state index in [2.05, 4.69) is 34.6 Å². The highest BCUT2D eigenvalue weighted by Crippen LogP contribution is 2.23. The van der Waals surface area contributed by atoms with E-state index in [1.165, 1.54) is 0 Å². The molecule has 1 unspecified atom stereocenters. The van der Waals surface area contributed by atoms with Gasteiger partial charge in [-0.1, -0.05) is 12.1 Å². The summed E-state index contributed by atoms with van der Waals surface area (Å²) < 4.78 is 11.0. The molecule has 120 valence electrons. The van der Waals surface area contributed by atoms with Crippen LogP contribution in [0.1, 0.15) is 38.1 Å². The molecule has 2 heterocycles. The lowest BCUT2D eigenvalue weighted by Crippen LogP contribution is -2.45. The van der Waals surface area contributed by atoms with Crippen molar-refractivity contribution >= 4 is 29.9 Å². The Morgan fingerprint density at radius 3 is 2.86 bits per heavy atom. The number of aliphatic imine (C=N–C) groups is 1. The molecule has 1 aromatic heterocycles. The van der Waals surface area contributed by atoms with E-state index in [4.69, 9.17) is 9.26 Å². The van der Waals surface area contributed by atoms with E-state index in [0.717, 1.165) is 49.8 Å². The van der Waals surface area contributed by atoms with Crippen molar-refractivity contribution in [2.45, 2.75) is 45.3 Å². The lowest BCUT2D eigenvalue weighted by atomic mass is 10.0. The number of nitrogens with one attached hydrogen (secondary N) is 2. The first-order valence-electron chi connectivity index (χ1n) is 7.18. The number of hydrogen-bond donors (Lipinski definition) is 2. The van der Waals surface area contributed by atoms with E-state index in [1.807, 2.05) is 6.07 Å². The molecule has 0 amide bonds. The molecule has 1 saturated heterocycles. The van der Waals surface area contributed by atoms with Gasteiger partial charge in [-0.05, 0) is 26.2 Å². The summed E-state index contributed by atoms with van der Waals surface area (Å²) in [6.07, 6.45) is 3.09. The summed E-state index contributed by atoms with van der Waals surface area (Å²) in [5, 5.41) is 10.5. The highest BCUT2D eigenvalue weighted by atomic mass is 127. The molecule has 6 nitrogen and oxygen atoms in total. The molecule has 1 aliphatic rings. The molecule has 1 atom stereocenters. The fraction of sp³-hybridized carbons (Fsp3) is 0.714. The van der Waals surface area contributed by atoms with Crippen LogP contribution in [0.25, 0.3) is 0 Å². The minimum atomic E-state index is -0.0841. The molecule has 0 radical (unpaired) electrons. The van der Waals surface area contributed by atoms with E-state index in [9.17, 15) is 0 Å². The minimum Gasteiger partial charge on any atom is -0.373 e.